The van der Waals surface area contributed by atoms with Crippen molar-refractivity contribution in [2.75, 3.05) is 33.3 Å². The standard InChI is InChI=1S/C27H26N6O2/c1-35-26-14-24(23-4-2-3-5-25(23)30-26)27(34)32-12-10-31(11-13-32)18-22-16-29-19-33(22)17-21-8-6-20(15-28)7-9-21/h2-9,14,16,19H,10-13,17-18H2,1H3. The Morgan fingerprint density at radius 2 is 1.83 bits per heavy atom. The molecular weight excluding hydrogens is 440 g/mol. The summed E-state index contributed by atoms with van der Waals surface area (Å²) in [4.78, 5) is 26.5. The Kier molecular flexibility index (Phi) is 6.42. The van der Waals surface area contributed by atoms with Crippen LogP contribution in [0.25, 0.3) is 10.9 Å². The predicted octanol–water partition coefficient (Wildman–Crippen LogP) is 3.32. The number of para-hydroxylation sites is 1. The first-order valence-electron chi connectivity index (χ1n) is 11.6. The van der Waals surface area contributed by atoms with Crippen molar-refractivity contribution in [2.45, 2.75) is 13.1 Å². The van der Waals surface area contributed by atoms with Gasteiger partial charge >= 0.3 is 0 Å². The molecule has 0 bridgehead atoms. The summed E-state index contributed by atoms with van der Waals surface area (Å²) in [5, 5.41) is 9.84. The van der Waals surface area contributed by atoms with E-state index in [4.69, 9.17) is 10.00 Å². The maximum atomic E-state index is 13.4. The van der Waals surface area contributed by atoms with Gasteiger partial charge in [0.15, 0.2) is 0 Å². The fourth-order valence-electron chi connectivity index (χ4n) is 4.44. The summed E-state index contributed by atoms with van der Waals surface area (Å²) in [7, 11) is 1.57. The van der Waals surface area contributed by atoms with Crippen molar-refractivity contribution >= 4 is 16.8 Å². The van der Waals surface area contributed by atoms with E-state index < -0.39 is 0 Å². The highest BCUT2D eigenvalue weighted by atomic mass is 16.5. The van der Waals surface area contributed by atoms with Crippen LogP contribution < -0.4 is 4.74 Å². The largest absolute Gasteiger partial charge is 0.481 e. The molecule has 0 aliphatic carbocycles. The van der Waals surface area contributed by atoms with Gasteiger partial charge in [0.2, 0.25) is 5.88 Å². The highest BCUT2D eigenvalue weighted by molar-refractivity contribution is 6.06. The molecule has 0 spiro atoms. The van der Waals surface area contributed by atoms with Gasteiger partial charge in [-0.25, -0.2) is 9.97 Å². The molecule has 1 aliphatic heterocycles. The molecule has 1 saturated heterocycles. The number of carbonyl (C=O) groups excluding carboxylic acids is 1. The minimum atomic E-state index is 0.00686. The van der Waals surface area contributed by atoms with Crippen molar-refractivity contribution < 1.29 is 9.53 Å². The minimum absolute atomic E-state index is 0.00686. The molecule has 1 fully saturated rings. The summed E-state index contributed by atoms with van der Waals surface area (Å²) in [5.41, 5.74) is 4.29. The first-order valence-corrected chi connectivity index (χ1v) is 11.6. The van der Waals surface area contributed by atoms with Gasteiger partial charge in [0.25, 0.3) is 5.91 Å². The van der Waals surface area contributed by atoms with Crippen molar-refractivity contribution in [3.05, 3.63) is 89.5 Å². The highest BCUT2D eigenvalue weighted by Gasteiger charge is 2.25. The number of hydrogen-bond acceptors (Lipinski definition) is 6. The number of fused-ring (bicyclic) bond motifs is 1. The van der Waals surface area contributed by atoms with Crippen LogP contribution in [0, 0.1) is 11.3 Å². The van der Waals surface area contributed by atoms with E-state index in [-0.39, 0.29) is 5.91 Å². The number of carbonyl (C=O) groups is 1. The Morgan fingerprint density at radius 3 is 2.57 bits per heavy atom. The number of imidazole rings is 1. The van der Waals surface area contributed by atoms with Crippen molar-refractivity contribution in [1.82, 2.24) is 24.3 Å². The van der Waals surface area contributed by atoms with Crippen LogP contribution in [0.5, 0.6) is 5.88 Å². The van der Waals surface area contributed by atoms with Crippen LogP contribution in [0.4, 0.5) is 0 Å². The number of ether oxygens (including phenoxy) is 1. The van der Waals surface area contributed by atoms with Crippen LogP contribution in [0.15, 0.2) is 67.1 Å². The van der Waals surface area contributed by atoms with E-state index in [9.17, 15) is 4.79 Å². The summed E-state index contributed by atoms with van der Waals surface area (Å²) >= 11 is 0. The lowest BCUT2D eigenvalue weighted by Crippen LogP contribution is -2.48. The van der Waals surface area contributed by atoms with Gasteiger partial charge in [-0.15, -0.1) is 0 Å². The molecule has 8 heteroatoms. The molecule has 1 amide bonds. The molecule has 5 rings (SSSR count). The van der Waals surface area contributed by atoms with Crippen LogP contribution >= 0.6 is 0 Å². The second kappa shape index (κ2) is 9.95. The van der Waals surface area contributed by atoms with Gasteiger partial charge in [-0.2, -0.15) is 5.26 Å². The molecule has 0 saturated carbocycles. The number of piperazine rings is 1. The third-order valence-electron chi connectivity index (χ3n) is 6.41. The lowest BCUT2D eigenvalue weighted by molar-refractivity contribution is 0.0627. The zero-order valence-electron chi connectivity index (χ0n) is 19.6. The van der Waals surface area contributed by atoms with Gasteiger partial charge in [-0.1, -0.05) is 30.3 Å². The first-order chi connectivity index (χ1) is 17.1. The third kappa shape index (κ3) is 4.86. The molecule has 4 aromatic rings. The quantitative estimate of drug-likeness (QED) is 0.433. The maximum absolute atomic E-state index is 13.4. The fraction of sp³-hybridized carbons (Fsp3) is 0.259. The topological polar surface area (TPSA) is 87.3 Å². The van der Waals surface area contributed by atoms with E-state index in [1.165, 1.54) is 0 Å². The van der Waals surface area contributed by atoms with Crippen molar-refractivity contribution in [2.24, 2.45) is 0 Å². The maximum Gasteiger partial charge on any atom is 0.254 e. The number of hydrogen-bond donors (Lipinski definition) is 0. The predicted molar refractivity (Wildman–Crippen MR) is 132 cm³/mol. The lowest BCUT2D eigenvalue weighted by Gasteiger charge is -2.35. The van der Waals surface area contributed by atoms with Gasteiger partial charge in [0, 0.05) is 56.9 Å². The Labute approximate surface area is 204 Å². The van der Waals surface area contributed by atoms with Crippen LogP contribution in [-0.4, -0.2) is 63.5 Å². The van der Waals surface area contributed by atoms with Gasteiger partial charge < -0.3 is 14.2 Å². The second-order valence-corrected chi connectivity index (χ2v) is 8.62. The second-order valence-electron chi connectivity index (χ2n) is 8.62. The van der Waals surface area contributed by atoms with Crippen molar-refractivity contribution in [1.29, 1.82) is 5.26 Å². The van der Waals surface area contributed by atoms with E-state index in [0.717, 1.165) is 41.8 Å². The van der Waals surface area contributed by atoms with E-state index in [0.29, 0.717) is 36.6 Å². The first kappa shape index (κ1) is 22.6. The summed E-state index contributed by atoms with van der Waals surface area (Å²) in [6.45, 7) is 4.35. The number of methoxy groups -OCH3 is 1. The van der Waals surface area contributed by atoms with Crippen molar-refractivity contribution in [3.8, 4) is 11.9 Å². The Bertz CT molecular complexity index is 1380. The molecule has 35 heavy (non-hydrogen) atoms. The van der Waals surface area contributed by atoms with Gasteiger partial charge in [-0.3, -0.25) is 9.69 Å². The normalized spacial score (nSPS) is 14.1. The van der Waals surface area contributed by atoms with E-state index in [1.807, 2.05) is 66.0 Å². The van der Waals surface area contributed by atoms with E-state index in [2.05, 4.69) is 25.5 Å². The summed E-state index contributed by atoms with van der Waals surface area (Å²) in [6, 6.07) is 19.2. The van der Waals surface area contributed by atoms with Gasteiger partial charge in [0.05, 0.1) is 41.8 Å². The van der Waals surface area contributed by atoms with Crippen LogP contribution in [0.2, 0.25) is 0 Å². The molecule has 2 aromatic carbocycles. The summed E-state index contributed by atoms with van der Waals surface area (Å²) in [5.74, 6) is 0.452. The zero-order chi connectivity index (χ0) is 24.2. The van der Waals surface area contributed by atoms with Crippen LogP contribution in [0.3, 0.4) is 0 Å². The smallest absolute Gasteiger partial charge is 0.254 e. The number of benzene rings is 2. The molecule has 176 valence electrons. The average Bonchev–Trinajstić information content (AvgIpc) is 3.34. The molecule has 0 atom stereocenters. The van der Waals surface area contributed by atoms with E-state index in [1.54, 1.807) is 13.2 Å². The molecule has 3 heterocycles. The number of rotatable bonds is 6. The highest BCUT2D eigenvalue weighted by Crippen LogP contribution is 2.24. The van der Waals surface area contributed by atoms with Gasteiger partial charge in [-0.05, 0) is 23.8 Å². The Morgan fingerprint density at radius 1 is 1.06 bits per heavy atom. The van der Waals surface area contributed by atoms with Gasteiger partial charge in [0.1, 0.15) is 0 Å². The number of nitriles is 1. The SMILES string of the molecule is COc1cc(C(=O)N2CCN(Cc3cncn3Cc3ccc(C#N)cc3)CC2)c2ccccc2n1. The average molecular weight is 467 g/mol. The molecule has 1 aliphatic rings. The molecule has 2 aromatic heterocycles. The molecular formula is C27H26N6O2. The number of pyridine rings is 1. The number of amides is 1. The summed E-state index contributed by atoms with van der Waals surface area (Å²) in [6.07, 6.45) is 3.74. The molecule has 0 radical (unpaired) electrons. The van der Waals surface area contributed by atoms with Crippen LogP contribution in [-0.2, 0) is 13.1 Å². The molecule has 0 unspecified atom stereocenters. The Hall–Kier alpha value is -4.22. The minimum Gasteiger partial charge on any atom is -0.481 e. The summed E-state index contributed by atoms with van der Waals surface area (Å²) < 4.78 is 7.46. The number of aromatic nitrogens is 3. The lowest BCUT2D eigenvalue weighted by atomic mass is 10.1. The van der Waals surface area contributed by atoms with E-state index >= 15 is 0 Å². The van der Waals surface area contributed by atoms with Crippen molar-refractivity contribution in [3.63, 3.8) is 0 Å². The zero-order valence-corrected chi connectivity index (χ0v) is 19.6. The Balaban J connectivity index is 1.23. The van der Waals surface area contributed by atoms with Crippen LogP contribution in [0.1, 0.15) is 27.2 Å². The third-order valence-corrected chi connectivity index (χ3v) is 6.41. The number of nitrogens with zero attached hydrogens (tertiary/aromatic N) is 6. The molecule has 0 N–H and O–H groups in total. The fourth-order valence-corrected chi connectivity index (χ4v) is 4.44. The monoisotopic (exact) mass is 466 g/mol. The molecule has 8 nitrogen and oxygen atoms in total.